The van der Waals surface area contributed by atoms with E-state index < -0.39 is 35.1 Å². The maximum absolute atomic E-state index is 11.9. The van der Waals surface area contributed by atoms with Crippen molar-refractivity contribution in [3.05, 3.63) is 0 Å². The lowest BCUT2D eigenvalue weighted by Crippen LogP contribution is -2.28. The van der Waals surface area contributed by atoms with Gasteiger partial charge in [-0.1, -0.05) is 0 Å². The molecule has 3 nitrogen and oxygen atoms in total. The lowest BCUT2D eigenvalue weighted by Gasteiger charge is -2.08. The van der Waals surface area contributed by atoms with Crippen LogP contribution in [0.5, 0.6) is 0 Å². The topological polar surface area (TPSA) is 43.4 Å². The summed E-state index contributed by atoms with van der Waals surface area (Å²) in [6.45, 7) is -3.08. The zero-order chi connectivity index (χ0) is 10.7. The van der Waals surface area contributed by atoms with Crippen molar-refractivity contribution < 1.29 is 34.6 Å². The molecule has 0 heterocycles. The van der Waals surface area contributed by atoms with Gasteiger partial charge in [0.25, 0.3) is 0 Å². The van der Waals surface area contributed by atoms with E-state index in [9.17, 15) is 30.4 Å². The molecule has 0 aliphatic carbocycles. The molecule has 0 aliphatic rings. The van der Waals surface area contributed by atoms with Crippen LogP contribution >= 0.6 is 0 Å². The van der Waals surface area contributed by atoms with E-state index >= 15 is 0 Å². The first-order valence-electron chi connectivity index (χ1n) is 2.86. The summed E-state index contributed by atoms with van der Waals surface area (Å²) < 4.78 is 80.9. The third-order valence-electron chi connectivity index (χ3n) is 0.855. The second-order valence-corrected chi connectivity index (χ2v) is 3.54. The number of halogens is 5. The Kier molecular flexibility index (Phi) is 4.04. The minimum absolute atomic E-state index is 1.47. The van der Waals surface area contributed by atoms with Gasteiger partial charge in [-0.2, -0.15) is 21.6 Å². The van der Waals surface area contributed by atoms with Gasteiger partial charge in [0, 0.05) is 0 Å². The van der Waals surface area contributed by atoms with Crippen molar-refractivity contribution in [2.75, 3.05) is 13.3 Å². The summed E-state index contributed by atoms with van der Waals surface area (Å²) in [4.78, 5) is 0. The quantitative estimate of drug-likeness (QED) is 0.412. The van der Waals surface area contributed by atoms with E-state index in [0.29, 0.717) is 0 Å². The predicted molar refractivity (Wildman–Crippen MR) is 31.8 cm³/mol. The number of alkyl halides is 5. The molecule has 0 N–H and O–H groups in total. The Morgan fingerprint density at radius 2 is 1.77 bits per heavy atom. The Bertz CT molecular complexity index is 245. The molecular weight excluding hydrogens is 223 g/mol. The second-order valence-electron chi connectivity index (χ2n) is 1.94. The summed E-state index contributed by atoms with van der Waals surface area (Å²) >= 11 is 0. The van der Waals surface area contributed by atoms with Crippen molar-refractivity contribution in [3.8, 4) is 0 Å². The molecule has 0 amide bonds. The minimum Gasteiger partial charge on any atom is -0.260 e. The highest BCUT2D eigenvalue weighted by Gasteiger charge is 2.47. The van der Waals surface area contributed by atoms with E-state index in [1.807, 2.05) is 0 Å². The van der Waals surface area contributed by atoms with E-state index in [1.54, 1.807) is 0 Å². The molecule has 80 valence electrons. The fraction of sp³-hybridized carbons (Fsp3) is 1.00. The van der Waals surface area contributed by atoms with Crippen LogP contribution in [-0.2, 0) is 14.3 Å². The second kappa shape index (κ2) is 4.18. The molecule has 0 aliphatic heterocycles. The summed E-state index contributed by atoms with van der Waals surface area (Å²) in [5.41, 5.74) is -5.61. The fourth-order valence-electron chi connectivity index (χ4n) is 0.275. The molecule has 0 rings (SSSR count). The number of hydrogen-bond donors (Lipinski definition) is 0. The fourth-order valence-corrected chi connectivity index (χ4v) is 0.735. The van der Waals surface area contributed by atoms with Crippen LogP contribution in [0.3, 0.4) is 0 Å². The summed E-state index contributed by atoms with van der Waals surface area (Å²) in [6, 6.07) is 0. The highest BCUT2D eigenvalue weighted by molar-refractivity contribution is 7.87. The summed E-state index contributed by atoms with van der Waals surface area (Å²) in [5, 5.41) is 0. The largest absolute Gasteiger partial charge is 0.523 e. The first-order valence-corrected chi connectivity index (χ1v) is 4.27. The van der Waals surface area contributed by atoms with Crippen molar-refractivity contribution in [2.24, 2.45) is 0 Å². The van der Waals surface area contributed by atoms with E-state index in [1.165, 1.54) is 0 Å². The standard InChI is InChI=1S/C4H5F5O3S/c5-1-3(6)2-12-13(10,11)4(7,8)9/h3H,1-2H2. The third-order valence-corrected chi connectivity index (χ3v) is 1.87. The maximum atomic E-state index is 11.9. The van der Waals surface area contributed by atoms with Crippen molar-refractivity contribution in [3.63, 3.8) is 0 Å². The van der Waals surface area contributed by atoms with Gasteiger partial charge in [0.15, 0.2) is 6.17 Å². The van der Waals surface area contributed by atoms with Crippen LogP contribution in [0.25, 0.3) is 0 Å². The van der Waals surface area contributed by atoms with Gasteiger partial charge in [-0.25, -0.2) is 8.78 Å². The molecule has 0 bridgehead atoms. The zero-order valence-corrected chi connectivity index (χ0v) is 6.83. The number of rotatable bonds is 4. The summed E-state index contributed by atoms with van der Waals surface area (Å²) in [6.07, 6.45) is -2.38. The van der Waals surface area contributed by atoms with Gasteiger partial charge < -0.3 is 0 Å². The average Bonchev–Trinajstić information content (AvgIpc) is 1.98. The van der Waals surface area contributed by atoms with Crippen LogP contribution < -0.4 is 0 Å². The Balaban J connectivity index is 4.22. The van der Waals surface area contributed by atoms with Gasteiger partial charge in [0.1, 0.15) is 13.3 Å². The van der Waals surface area contributed by atoms with Crippen molar-refractivity contribution in [1.82, 2.24) is 0 Å². The molecule has 0 aromatic rings. The van der Waals surface area contributed by atoms with E-state index in [4.69, 9.17) is 0 Å². The summed E-state index contributed by atoms with van der Waals surface area (Å²) in [7, 11) is -5.81. The van der Waals surface area contributed by atoms with Crippen LogP contribution in [0.2, 0.25) is 0 Å². The average molecular weight is 228 g/mol. The SMILES string of the molecule is O=S(=O)(OCC(F)CF)C(F)(F)F. The van der Waals surface area contributed by atoms with Crippen LogP contribution in [0.4, 0.5) is 22.0 Å². The Morgan fingerprint density at radius 3 is 2.08 bits per heavy atom. The van der Waals surface area contributed by atoms with Gasteiger partial charge in [-0.3, -0.25) is 4.18 Å². The van der Waals surface area contributed by atoms with Gasteiger partial charge in [0.05, 0.1) is 0 Å². The normalized spacial score (nSPS) is 15.8. The molecule has 13 heavy (non-hydrogen) atoms. The van der Waals surface area contributed by atoms with Crippen LogP contribution in [0.15, 0.2) is 0 Å². The van der Waals surface area contributed by atoms with Crippen molar-refractivity contribution in [1.29, 1.82) is 0 Å². The molecular formula is C4H5F5O3S. The van der Waals surface area contributed by atoms with Crippen LogP contribution in [0, 0.1) is 0 Å². The third kappa shape index (κ3) is 3.85. The lowest BCUT2D eigenvalue weighted by molar-refractivity contribution is -0.0555. The van der Waals surface area contributed by atoms with Crippen molar-refractivity contribution in [2.45, 2.75) is 11.7 Å². The smallest absolute Gasteiger partial charge is 0.260 e. The van der Waals surface area contributed by atoms with Crippen molar-refractivity contribution >= 4 is 10.1 Å². The molecule has 0 fully saturated rings. The first-order chi connectivity index (χ1) is 5.70. The van der Waals surface area contributed by atoms with Crippen LogP contribution in [-0.4, -0.2) is 33.4 Å². The lowest BCUT2D eigenvalue weighted by atomic mass is 10.5. The van der Waals surface area contributed by atoms with Gasteiger partial charge >= 0.3 is 15.6 Å². The molecule has 1 atom stereocenters. The number of hydrogen-bond acceptors (Lipinski definition) is 3. The molecule has 0 saturated heterocycles. The molecule has 9 heteroatoms. The van der Waals surface area contributed by atoms with E-state index in [-0.39, 0.29) is 0 Å². The van der Waals surface area contributed by atoms with Gasteiger partial charge in [0.2, 0.25) is 0 Å². The molecule has 0 saturated carbocycles. The molecule has 1 unspecified atom stereocenters. The van der Waals surface area contributed by atoms with Gasteiger partial charge in [-0.05, 0) is 0 Å². The van der Waals surface area contributed by atoms with Gasteiger partial charge in [-0.15, -0.1) is 0 Å². The molecule has 0 aromatic heterocycles. The Labute approximate surface area is 70.6 Å². The highest BCUT2D eigenvalue weighted by atomic mass is 32.2. The predicted octanol–water partition coefficient (Wildman–Crippen LogP) is 1.16. The van der Waals surface area contributed by atoms with E-state index in [2.05, 4.69) is 4.18 Å². The zero-order valence-electron chi connectivity index (χ0n) is 6.01. The maximum Gasteiger partial charge on any atom is 0.523 e. The first kappa shape index (κ1) is 12.6. The minimum atomic E-state index is -5.81. The monoisotopic (exact) mass is 228 g/mol. The molecule has 0 aromatic carbocycles. The van der Waals surface area contributed by atoms with Crippen LogP contribution in [0.1, 0.15) is 0 Å². The Morgan fingerprint density at radius 1 is 1.31 bits per heavy atom. The summed E-state index contributed by atoms with van der Waals surface area (Å²) in [5.74, 6) is 0. The highest BCUT2D eigenvalue weighted by Crippen LogP contribution is 2.24. The Hall–Kier alpha value is -0.440. The van der Waals surface area contributed by atoms with E-state index in [0.717, 1.165) is 0 Å². The molecule has 0 radical (unpaired) electrons. The molecule has 0 spiro atoms.